The molecule has 146 valence electrons. The number of ether oxygens (including phenoxy) is 1. The number of rotatable bonds is 6. The third-order valence-corrected chi connectivity index (χ3v) is 4.81. The van der Waals surface area contributed by atoms with Crippen molar-refractivity contribution >= 4 is 17.6 Å². The van der Waals surface area contributed by atoms with E-state index in [1.165, 1.54) is 0 Å². The molecule has 1 aliphatic rings. The zero-order chi connectivity index (χ0) is 20.1. The summed E-state index contributed by atoms with van der Waals surface area (Å²) in [5.74, 6) is -0.666. The van der Waals surface area contributed by atoms with Crippen LogP contribution in [0.25, 0.3) is 11.1 Å². The summed E-state index contributed by atoms with van der Waals surface area (Å²) in [6, 6.07) is 18.6. The standard InChI is InChI=1S/C23H21N3O3/c27-22(26-21-10-12-29-23(21)28)19-9-8-18(25-15-16-5-4-11-24-14-16)13-20(19)17-6-2-1-3-7-17/h1-9,11,13-14,21,25H,10,12,15H2,(H,26,27)/t21-/m0/s1. The molecule has 0 bridgehead atoms. The normalized spacial score (nSPS) is 15.6. The first kappa shape index (κ1) is 18.7. The van der Waals surface area contributed by atoms with E-state index in [1.807, 2.05) is 60.8 Å². The number of benzene rings is 2. The Bertz CT molecular complexity index is 1010. The van der Waals surface area contributed by atoms with E-state index in [0.29, 0.717) is 25.1 Å². The molecule has 4 rings (SSSR count). The number of nitrogens with one attached hydrogen (secondary N) is 2. The Kier molecular flexibility index (Phi) is 5.52. The summed E-state index contributed by atoms with van der Waals surface area (Å²) in [7, 11) is 0. The van der Waals surface area contributed by atoms with E-state index in [2.05, 4.69) is 15.6 Å². The fraction of sp³-hybridized carbons (Fsp3) is 0.174. The van der Waals surface area contributed by atoms with E-state index < -0.39 is 6.04 Å². The quantitative estimate of drug-likeness (QED) is 0.634. The van der Waals surface area contributed by atoms with Crippen molar-refractivity contribution in [1.29, 1.82) is 0 Å². The number of aromatic nitrogens is 1. The lowest BCUT2D eigenvalue weighted by atomic mass is 9.98. The van der Waals surface area contributed by atoms with Gasteiger partial charge in [-0.2, -0.15) is 0 Å². The smallest absolute Gasteiger partial charge is 0.328 e. The molecule has 1 aromatic heterocycles. The third-order valence-electron chi connectivity index (χ3n) is 4.81. The summed E-state index contributed by atoms with van der Waals surface area (Å²) in [4.78, 5) is 28.7. The van der Waals surface area contributed by atoms with Crippen LogP contribution in [0, 0.1) is 0 Å². The van der Waals surface area contributed by atoms with Gasteiger partial charge in [0.25, 0.3) is 5.91 Å². The Morgan fingerprint density at radius 1 is 1.10 bits per heavy atom. The second kappa shape index (κ2) is 8.56. The highest BCUT2D eigenvalue weighted by Gasteiger charge is 2.29. The fourth-order valence-corrected chi connectivity index (χ4v) is 3.28. The zero-order valence-corrected chi connectivity index (χ0v) is 15.8. The maximum Gasteiger partial charge on any atom is 0.328 e. The van der Waals surface area contributed by atoms with Gasteiger partial charge < -0.3 is 15.4 Å². The molecule has 6 nitrogen and oxygen atoms in total. The van der Waals surface area contributed by atoms with E-state index >= 15 is 0 Å². The van der Waals surface area contributed by atoms with Gasteiger partial charge in [0.15, 0.2) is 0 Å². The predicted octanol–water partition coefficient (Wildman–Crippen LogP) is 3.41. The lowest BCUT2D eigenvalue weighted by Crippen LogP contribution is -2.38. The molecular weight excluding hydrogens is 366 g/mol. The molecule has 1 aliphatic heterocycles. The Morgan fingerprint density at radius 2 is 1.97 bits per heavy atom. The third kappa shape index (κ3) is 4.43. The average Bonchev–Trinajstić information content (AvgIpc) is 3.17. The van der Waals surface area contributed by atoms with E-state index in [0.717, 1.165) is 22.4 Å². The molecule has 1 fully saturated rings. The SMILES string of the molecule is O=C(N[C@H]1CCOC1=O)c1ccc(NCc2cccnc2)cc1-c1ccccc1. The number of anilines is 1. The van der Waals surface area contributed by atoms with Crippen LogP contribution in [0.2, 0.25) is 0 Å². The minimum Gasteiger partial charge on any atom is -0.464 e. The molecule has 2 aromatic carbocycles. The van der Waals surface area contributed by atoms with Crippen LogP contribution in [-0.2, 0) is 16.1 Å². The number of carbonyl (C=O) groups is 2. The van der Waals surface area contributed by atoms with Crippen molar-refractivity contribution in [3.8, 4) is 11.1 Å². The number of hydrogen-bond donors (Lipinski definition) is 2. The molecule has 2 heterocycles. The van der Waals surface area contributed by atoms with E-state index in [1.54, 1.807) is 12.3 Å². The van der Waals surface area contributed by atoms with Crippen LogP contribution in [0.1, 0.15) is 22.3 Å². The van der Waals surface area contributed by atoms with Gasteiger partial charge in [-0.05, 0) is 41.0 Å². The van der Waals surface area contributed by atoms with Crippen molar-refractivity contribution in [1.82, 2.24) is 10.3 Å². The number of cyclic esters (lactones) is 1. The van der Waals surface area contributed by atoms with Crippen molar-refractivity contribution in [3.05, 3.63) is 84.2 Å². The molecule has 1 amide bonds. The molecule has 1 atom stereocenters. The molecule has 0 saturated carbocycles. The lowest BCUT2D eigenvalue weighted by molar-refractivity contribution is -0.139. The van der Waals surface area contributed by atoms with Crippen molar-refractivity contribution in [2.45, 2.75) is 19.0 Å². The van der Waals surface area contributed by atoms with Crippen molar-refractivity contribution in [3.63, 3.8) is 0 Å². The number of hydrogen-bond acceptors (Lipinski definition) is 5. The first-order valence-corrected chi connectivity index (χ1v) is 9.50. The van der Waals surface area contributed by atoms with Gasteiger partial charge >= 0.3 is 5.97 Å². The largest absolute Gasteiger partial charge is 0.464 e. The van der Waals surface area contributed by atoms with E-state index in [-0.39, 0.29) is 11.9 Å². The molecule has 0 spiro atoms. The molecule has 29 heavy (non-hydrogen) atoms. The minimum atomic E-state index is -0.588. The Balaban J connectivity index is 1.60. The average molecular weight is 387 g/mol. The van der Waals surface area contributed by atoms with Gasteiger partial charge in [0.05, 0.1) is 6.61 Å². The summed E-state index contributed by atoms with van der Waals surface area (Å²) in [5.41, 5.74) is 4.20. The van der Waals surface area contributed by atoms with Gasteiger partial charge in [0.2, 0.25) is 0 Å². The maximum absolute atomic E-state index is 12.9. The topological polar surface area (TPSA) is 80.3 Å². The van der Waals surface area contributed by atoms with Gasteiger partial charge in [0.1, 0.15) is 6.04 Å². The van der Waals surface area contributed by atoms with Crippen LogP contribution in [0.5, 0.6) is 0 Å². The molecular formula is C23H21N3O3. The number of nitrogens with zero attached hydrogens (tertiary/aromatic N) is 1. The number of esters is 1. The monoisotopic (exact) mass is 387 g/mol. The second-order valence-electron chi connectivity index (χ2n) is 6.82. The molecule has 3 aromatic rings. The Labute approximate surface area is 168 Å². The van der Waals surface area contributed by atoms with E-state index in [9.17, 15) is 9.59 Å². The van der Waals surface area contributed by atoms with Gasteiger partial charge in [-0.1, -0.05) is 36.4 Å². The van der Waals surface area contributed by atoms with Crippen LogP contribution < -0.4 is 10.6 Å². The number of amides is 1. The van der Waals surface area contributed by atoms with Crippen molar-refractivity contribution < 1.29 is 14.3 Å². The van der Waals surface area contributed by atoms with Crippen LogP contribution in [0.15, 0.2) is 73.1 Å². The summed E-state index contributed by atoms with van der Waals surface area (Å²) >= 11 is 0. The molecule has 0 aliphatic carbocycles. The van der Waals surface area contributed by atoms with Crippen LogP contribution >= 0.6 is 0 Å². The summed E-state index contributed by atoms with van der Waals surface area (Å²) in [5, 5.41) is 6.16. The first-order valence-electron chi connectivity index (χ1n) is 9.50. The van der Waals surface area contributed by atoms with Gasteiger partial charge in [-0.3, -0.25) is 9.78 Å². The van der Waals surface area contributed by atoms with Crippen molar-refractivity contribution in [2.75, 3.05) is 11.9 Å². The second-order valence-corrected chi connectivity index (χ2v) is 6.82. The summed E-state index contributed by atoms with van der Waals surface area (Å²) in [6.07, 6.45) is 4.05. The first-order chi connectivity index (χ1) is 14.2. The van der Waals surface area contributed by atoms with Crippen LogP contribution in [0.4, 0.5) is 5.69 Å². The van der Waals surface area contributed by atoms with Gasteiger partial charge in [-0.15, -0.1) is 0 Å². The summed E-state index contributed by atoms with van der Waals surface area (Å²) < 4.78 is 4.94. The number of carbonyl (C=O) groups excluding carboxylic acids is 2. The van der Waals surface area contributed by atoms with Crippen LogP contribution in [0.3, 0.4) is 0 Å². The summed E-state index contributed by atoms with van der Waals surface area (Å²) in [6.45, 7) is 0.966. The fourth-order valence-electron chi connectivity index (χ4n) is 3.28. The highest BCUT2D eigenvalue weighted by molar-refractivity contribution is 6.03. The zero-order valence-electron chi connectivity index (χ0n) is 15.8. The van der Waals surface area contributed by atoms with E-state index in [4.69, 9.17) is 4.74 Å². The molecule has 2 N–H and O–H groups in total. The Hall–Kier alpha value is -3.67. The lowest BCUT2D eigenvalue weighted by Gasteiger charge is -2.15. The Morgan fingerprint density at radius 3 is 2.69 bits per heavy atom. The predicted molar refractivity (Wildman–Crippen MR) is 110 cm³/mol. The molecule has 1 saturated heterocycles. The van der Waals surface area contributed by atoms with Gasteiger partial charge in [0, 0.05) is 36.6 Å². The van der Waals surface area contributed by atoms with Gasteiger partial charge in [-0.25, -0.2) is 4.79 Å². The number of pyridine rings is 1. The highest BCUT2D eigenvalue weighted by Crippen LogP contribution is 2.28. The van der Waals surface area contributed by atoms with Crippen molar-refractivity contribution in [2.24, 2.45) is 0 Å². The minimum absolute atomic E-state index is 0.286. The molecule has 0 unspecified atom stereocenters. The maximum atomic E-state index is 12.9. The molecule has 0 radical (unpaired) electrons. The molecule has 6 heteroatoms. The highest BCUT2D eigenvalue weighted by atomic mass is 16.5. The van der Waals surface area contributed by atoms with Crippen LogP contribution in [-0.4, -0.2) is 29.5 Å².